The fraction of sp³-hybridized carbons (Fsp3) is 0.714. The van der Waals surface area contributed by atoms with Gasteiger partial charge in [0.1, 0.15) is 5.60 Å². The molecule has 3 heterocycles. The van der Waals surface area contributed by atoms with E-state index >= 15 is 0 Å². The molecule has 3 rings (SSSR count). The number of rotatable bonds is 2. The van der Waals surface area contributed by atoms with E-state index in [-0.39, 0.29) is 12.1 Å². The van der Waals surface area contributed by atoms with E-state index in [4.69, 9.17) is 14.0 Å². The molecule has 0 radical (unpaired) electrons. The lowest BCUT2D eigenvalue weighted by Gasteiger charge is -2.37. The summed E-state index contributed by atoms with van der Waals surface area (Å²) in [6, 6.07) is 2.01. The summed E-state index contributed by atoms with van der Waals surface area (Å²) in [7, 11) is -0.462. The largest absolute Gasteiger partial charge is 0.496 e. The number of hydrogen-bond donors (Lipinski definition) is 0. The second-order valence-corrected chi connectivity index (χ2v) is 9.83. The second-order valence-electron chi connectivity index (χ2n) is 9.83. The van der Waals surface area contributed by atoms with Crippen LogP contribution in [-0.4, -0.2) is 46.4 Å². The minimum atomic E-state index is -0.512. The van der Waals surface area contributed by atoms with Gasteiger partial charge in [-0.25, -0.2) is 4.79 Å². The monoisotopic (exact) mass is 388 g/mol. The van der Waals surface area contributed by atoms with Crippen LogP contribution in [0.5, 0.6) is 0 Å². The molecule has 0 bridgehead atoms. The highest BCUT2D eigenvalue weighted by Gasteiger charge is 2.52. The number of hydrogen-bond acceptors (Lipinski definition) is 5. The van der Waals surface area contributed by atoms with E-state index in [0.29, 0.717) is 6.54 Å². The van der Waals surface area contributed by atoms with E-state index in [1.165, 1.54) is 0 Å². The Morgan fingerprint density at radius 2 is 1.82 bits per heavy atom. The highest BCUT2D eigenvalue weighted by molar-refractivity contribution is 6.62. The van der Waals surface area contributed by atoms with Crippen LogP contribution in [-0.2, 0) is 14.0 Å². The van der Waals surface area contributed by atoms with E-state index in [0.717, 1.165) is 30.3 Å². The lowest BCUT2D eigenvalue weighted by Crippen LogP contribution is -2.42. The van der Waals surface area contributed by atoms with Crippen LogP contribution in [0.25, 0.3) is 0 Å². The van der Waals surface area contributed by atoms with Gasteiger partial charge in [0.05, 0.1) is 17.2 Å². The van der Waals surface area contributed by atoms with E-state index in [2.05, 4.69) is 11.1 Å². The van der Waals surface area contributed by atoms with Crippen LogP contribution >= 0.6 is 0 Å². The number of carbonyl (C=O) groups is 1. The molecule has 0 N–H and O–H groups in total. The standard InChI is InChI=1S/C21H33BN2O4/c1-19(2,3)26-18(25)24-11-9-8-10-17(24)15-12-16(14-23-13-15)22-27-20(4,5)21(6,7)28-22/h12-14,17H,8-11H2,1-7H3/t17-/m0/s1. The van der Waals surface area contributed by atoms with Gasteiger partial charge in [0, 0.05) is 24.4 Å². The lowest BCUT2D eigenvalue weighted by atomic mass is 9.79. The number of piperidine rings is 1. The average molecular weight is 388 g/mol. The summed E-state index contributed by atoms with van der Waals surface area (Å²) in [5, 5.41) is 0. The van der Waals surface area contributed by atoms with Crippen LogP contribution in [0.3, 0.4) is 0 Å². The van der Waals surface area contributed by atoms with Crippen molar-refractivity contribution in [3.8, 4) is 0 Å². The SMILES string of the molecule is CC(C)(C)OC(=O)N1CCCC[C@H]1c1cncc(B2OC(C)(C)C(C)(C)O2)c1. The van der Waals surface area contributed by atoms with Gasteiger partial charge in [-0.05, 0) is 73.3 Å². The number of amides is 1. The third-order valence-electron chi connectivity index (χ3n) is 5.82. The summed E-state index contributed by atoms with van der Waals surface area (Å²) in [6.07, 6.45) is 6.31. The molecule has 2 fully saturated rings. The number of pyridine rings is 1. The average Bonchev–Trinajstić information content (AvgIpc) is 2.81. The summed E-state index contributed by atoms with van der Waals surface area (Å²) in [5.74, 6) is 0. The first-order valence-corrected chi connectivity index (χ1v) is 10.2. The zero-order chi connectivity index (χ0) is 20.7. The highest BCUT2D eigenvalue weighted by atomic mass is 16.7. The van der Waals surface area contributed by atoms with Gasteiger partial charge < -0.3 is 18.9 Å². The first kappa shape index (κ1) is 21.1. The van der Waals surface area contributed by atoms with Gasteiger partial charge in [-0.1, -0.05) is 6.07 Å². The molecule has 1 amide bonds. The van der Waals surface area contributed by atoms with Gasteiger partial charge in [-0.2, -0.15) is 0 Å². The Labute approximate surface area is 169 Å². The lowest BCUT2D eigenvalue weighted by molar-refractivity contribution is 0.00578. The molecule has 0 saturated carbocycles. The van der Waals surface area contributed by atoms with Crippen LogP contribution in [0.2, 0.25) is 0 Å². The molecule has 1 aromatic heterocycles. The Morgan fingerprint density at radius 1 is 1.18 bits per heavy atom. The molecule has 0 aromatic carbocycles. The fourth-order valence-electron chi connectivity index (χ4n) is 3.58. The Bertz CT molecular complexity index is 713. The maximum atomic E-state index is 12.7. The first-order chi connectivity index (χ1) is 12.9. The van der Waals surface area contributed by atoms with E-state index in [1.54, 1.807) is 6.20 Å². The molecule has 154 valence electrons. The summed E-state index contributed by atoms with van der Waals surface area (Å²) in [5.41, 5.74) is 0.563. The Balaban J connectivity index is 1.83. The number of nitrogens with zero attached hydrogens (tertiary/aromatic N) is 2. The molecule has 1 atom stereocenters. The normalized spacial score (nSPS) is 24.3. The Morgan fingerprint density at radius 3 is 2.43 bits per heavy atom. The van der Waals surface area contributed by atoms with Gasteiger partial charge in [-0.15, -0.1) is 0 Å². The summed E-state index contributed by atoms with van der Waals surface area (Å²) < 4.78 is 18.0. The van der Waals surface area contributed by atoms with Crippen molar-refractivity contribution < 1.29 is 18.8 Å². The zero-order valence-electron chi connectivity index (χ0n) is 18.2. The van der Waals surface area contributed by atoms with Crippen molar-refractivity contribution in [2.45, 2.75) is 90.6 Å². The van der Waals surface area contributed by atoms with Crippen molar-refractivity contribution in [1.29, 1.82) is 0 Å². The molecule has 2 aliphatic rings. The molecule has 2 aliphatic heterocycles. The van der Waals surface area contributed by atoms with Crippen molar-refractivity contribution in [2.75, 3.05) is 6.54 Å². The minimum Gasteiger partial charge on any atom is -0.444 e. The van der Waals surface area contributed by atoms with Crippen molar-refractivity contribution in [3.63, 3.8) is 0 Å². The predicted octanol–water partition coefficient (Wildman–Crippen LogP) is 3.84. The summed E-state index contributed by atoms with van der Waals surface area (Å²) in [4.78, 5) is 19.0. The second kappa shape index (κ2) is 7.34. The number of likely N-dealkylation sites (tertiary alicyclic amines) is 1. The summed E-state index contributed by atoms with van der Waals surface area (Å²) in [6.45, 7) is 14.5. The molecule has 0 unspecified atom stereocenters. The zero-order valence-corrected chi connectivity index (χ0v) is 18.2. The van der Waals surface area contributed by atoms with Crippen molar-refractivity contribution in [3.05, 3.63) is 24.0 Å². The minimum absolute atomic E-state index is 0.0431. The molecule has 6 nitrogen and oxygen atoms in total. The molecule has 28 heavy (non-hydrogen) atoms. The van der Waals surface area contributed by atoms with E-state index < -0.39 is 23.9 Å². The third-order valence-corrected chi connectivity index (χ3v) is 5.82. The number of aromatic nitrogens is 1. The van der Waals surface area contributed by atoms with Crippen LogP contribution in [0.15, 0.2) is 18.5 Å². The number of ether oxygens (including phenoxy) is 1. The first-order valence-electron chi connectivity index (χ1n) is 10.2. The predicted molar refractivity (Wildman–Crippen MR) is 109 cm³/mol. The highest BCUT2D eigenvalue weighted by Crippen LogP contribution is 2.37. The van der Waals surface area contributed by atoms with Crippen molar-refractivity contribution in [1.82, 2.24) is 9.88 Å². The van der Waals surface area contributed by atoms with E-state index in [9.17, 15) is 4.79 Å². The maximum Gasteiger partial charge on any atom is 0.496 e. The number of carbonyl (C=O) groups excluding carboxylic acids is 1. The van der Waals surface area contributed by atoms with Crippen LogP contribution in [0.4, 0.5) is 4.79 Å². The Kier molecular flexibility index (Phi) is 5.54. The molecule has 0 aliphatic carbocycles. The van der Waals surface area contributed by atoms with Crippen LogP contribution < -0.4 is 5.46 Å². The quantitative estimate of drug-likeness (QED) is 0.721. The molecule has 0 spiro atoms. The molecule has 7 heteroatoms. The van der Waals surface area contributed by atoms with Gasteiger partial charge in [0.15, 0.2) is 0 Å². The molecular formula is C21H33BN2O4. The Hall–Kier alpha value is -1.60. The molecule has 1 aromatic rings. The summed E-state index contributed by atoms with van der Waals surface area (Å²) >= 11 is 0. The molecular weight excluding hydrogens is 355 g/mol. The topological polar surface area (TPSA) is 60.9 Å². The third kappa shape index (κ3) is 4.36. The van der Waals surface area contributed by atoms with Crippen LogP contribution in [0, 0.1) is 0 Å². The fourth-order valence-corrected chi connectivity index (χ4v) is 3.58. The molecule has 2 saturated heterocycles. The smallest absolute Gasteiger partial charge is 0.444 e. The van der Waals surface area contributed by atoms with Crippen LogP contribution in [0.1, 0.15) is 79.3 Å². The van der Waals surface area contributed by atoms with Crippen molar-refractivity contribution in [2.24, 2.45) is 0 Å². The van der Waals surface area contributed by atoms with E-state index in [1.807, 2.05) is 59.6 Å². The van der Waals surface area contributed by atoms with Gasteiger partial charge in [0.2, 0.25) is 0 Å². The van der Waals surface area contributed by atoms with Gasteiger partial charge >= 0.3 is 13.2 Å². The maximum absolute atomic E-state index is 12.7. The van der Waals surface area contributed by atoms with Crippen molar-refractivity contribution >= 4 is 18.7 Å². The van der Waals surface area contributed by atoms with Gasteiger partial charge in [-0.3, -0.25) is 4.98 Å². The van der Waals surface area contributed by atoms with Gasteiger partial charge in [0.25, 0.3) is 0 Å².